The van der Waals surface area contributed by atoms with E-state index in [4.69, 9.17) is 16.3 Å². The lowest BCUT2D eigenvalue weighted by Crippen LogP contribution is -2.39. The van der Waals surface area contributed by atoms with E-state index in [1.165, 1.54) is 5.56 Å². The number of ether oxygens (including phenoxy) is 1. The summed E-state index contributed by atoms with van der Waals surface area (Å²) >= 11 is 6.20. The molecule has 154 valence electrons. The summed E-state index contributed by atoms with van der Waals surface area (Å²) in [5, 5.41) is 0.546. The first-order valence-corrected chi connectivity index (χ1v) is 10.9. The number of amides is 1. The van der Waals surface area contributed by atoms with E-state index in [0.29, 0.717) is 28.9 Å². The third-order valence-corrected chi connectivity index (χ3v) is 5.91. The van der Waals surface area contributed by atoms with E-state index in [1.54, 1.807) is 18.2 Å². The number of halogens is 1. The smallest absolute Gasteiger partial charge is 0.257 e. The highest BCUT2D eigenvalue weighted by Gasteiger charge is 2.26. The zero-order chi connectivity index (χ0) is 20.8. The summed E-state index contributed by atoms with van der Waals surface area (Å²) < 4.78 is 5.98. The van der Waals surface area contributed by atoms with E-state index in [1.807, 2.05) is 41.3 Å². The molecule has 0 bridgehead atoms. The lowest BCUT2D eigenvalue weighted by atomic mass is 9.90. The molecule has 1 saturated heterocycles. The fourth-order valence-corrected chi connectivity index (χ4v) is 4.16. The number of likely N-dealkylation sites (tertiary alicyclic amines) is 1. The molecule has 1 fully saturated rings. The average molecular weight is 420 g/mol. The zero-order valence-electron chi connectivity index (χ0n) is 17.0. The van der Waals surface area contributed by atoms with Gasteiger partial charge in [0, 0.05) is 18.1 Å². The quantitative estimate of drug-likeness (QED) is 0.489. The van der Waals surface area contributed by atoms with Crippen LogP contribution in [0, 0.1) is 5.92 Å². The minimum atomic E-state index is -0.00118. The first kappa shape index (κ1) is 20.5. The fourth-order valence-electron chi connectivity index (χ4n) is 3.99. The van der Waals surface area contributed by atoms with Crippen molar-refractivity contribution in [2.45, 2.75) is 25.9 Å². The van der Waals surface area contributed by atoms with Gasteiger partial charge in [-0.05, 0) is 54.5 Å². The average Bonchev–Trinajstić information content (AvgIpc) is 2.80. The predicted octanol–water partition coefficient (Wildman–Crippen LogP) is 6.01. The first-order chi connectivity index (χ1) is 14.7. The van der Waals surface area contributed by atoms with Gasteiger partial charge in [-0.25, -0.2) is 0 Å². The molecule has 1 heterocycles. The Morgan fingerprint density at radius 3 is 2.20 bits per heavy atom. The highest BCUT2D eigenvalue weighted by Crippen LogP contribution is 2.28. The molecule has 1 aliphatic rings. The summed E-state index contributed by atoms with van der Waals surface area (Å²) in [6, 6.07) is 25.8. The van der Waals surface area contributed by atoms with Gasteiger partial charge in [-0.2, -0.15) is 0 Å². The van der Waals surface area contributed by atoms with Gasteiger partial charge in [0.2, 0.25) is 0 Å². The second kappa shape index (κ2) is 9.82. The van der Waals surface area contributed by atoms with Gasteiger partial charge >= 0.3 is 0 Å². The Balaban J connectivity index is 1.40. The summed E-state index contributed by atoms with van der Waals surface area (Å²) in [6.45, 7) is 1.95. The number of nitrogens with zero attached hydrogens (tertiary/aromatic N) is 1. The van der Waals surface area contributed by atoms with Crippen LogP contribution >= 0.6 is 11.6 Å². The Kier molecular flexibility index (Phi) is 6.70. The van der Waals surface area contributed by atoms with E-state index >= 15 is 0 Å². The number of hydrogen-bond acceptors (Lipinski definition) is 2. The molecule has 4 rings (SSSR count). The predicted molar refractivity (Wildman–Crippen MR) is 121 cm³/mol. The maximum atomic E-state index is 13.2. The SMILES string of the molecule is O=C(c1cc(Cl)ccc1OCc1ccccc1)N1CCC(Cc2ccccc2)CC1. The van der Waals surface area contributed by atoms with Crippen LogP contribution in [-0.2, 0) is 13.0 Å². The molecule has 3 aromatic carbocycles. The Morgan fingerprint density at radius 1 is 0.900 bits per heavy atom. The standard InChI is InChI=1S/C26H26ClNO2/c27-23-11-12-25(30-19-22-9-5-2-6-10-22)24(18-23)26(29)28-15-13-21(14-16-28)17-20-7-3-1-4-8-20/h1-12,18,21H,13-17,19H2. The molecule has 0 atom stereocenters. The Bertz CT molecular complexity index is 967. The molecule has 0 saturated carbocycles. The van der Waals surface area contributed by atoms with Gasteiger partial charge in [-0.15, -0.1) is 0 Å². The van der Waals surface area contributed by atoms with Gasteiger partial charge < -0.3 is 9.64 Å². The van der Waals surface area contributed by atoms with E-state index in [0.717, 1.165) is 37.9 Å². The Labute approximate surface area is 183 Å². The Morgan fingerprint density at radius 2 is 1.53 bits per heavy atom. The second-order valence-corrected chi connectivity index (χ2v) is 8.28. The van der Waals surface area contributed by atoms with Gasteiger partial charge in [0.05, 0.1) is 5.56 Å². The number of carbonyl (C=O) groups excluding carboxylic acids is 1. The first-order valence-electron chi connectivity index (χ1n) is 10.5. The molecule has 1 aliphatic heterocycles. The lowest BCUT2D eigenvalue weighted by Gasteiger charge is -2.32. The van der Waals surface area contributed by atoms with Crippen LogP contribution in [0.1, 0.15) is 34.3 Å². The summed E-state index contributed by atoms with van der Waals surface area (Å²) in [7, 11) is 0. The third-order valence-electron chi connectivity index (χ3n) is 5.68. The maximum Gasteiger partial charge on any atom is 0.257 e. The monoisotopic (exact) mass is 419 g/mol. The van der Waals surface area contributed by atoms with Gasteiger partial charge in [0.25, 0.3) is 5.91 Å². The molecule has 4 heteroatoms. The minimum absolute atomic E-state index is 0.00118. The number of benzene rings is 3. The molecular formula is C26H26ClNO2. The van der Waals surface area contributed by atoms with Gasteiger partial charge in [0.15, 0.2) is 0 Å². The molecule has 0 unspecified atom stereocenters. The summed E-state index contributed by atoms with van der Waals surface area (Å²) in [5.74, 6) is 1.20. The summed E-state index contributed by atoms with van der Waals surface area (Å²) in [4.78, 5) is 15.2. The van der Waals surface area contributed by atoms with Crippen LogP contribution < -0.4 is 4.74 Å². The topological polar surface area (TPSA) is 29.5 Å². The van der Waals surface area contributed by atoms with Gasteiger partial charge in [-0.3, -0.25) is 4.79 Å². The van der Waals surface area contributed by atoms with E-state index in [-0.39, 0.29) is 5.91 Å². The van der Waals surface area contributed by atoms with E-state index in [9.17, 15) is 4.79 Å². The highest BCUT2D eigenvalue weighted by molar-refractivity contribution is 6.31. The van der Waals surface area contributed by atoms with Crippen molar-refractivity contribution in [2.24, 2.45) is 5.92 Å². The molecule has 0 spiro atoms. The third kappa shape index (κ3) is 5.22. The van der Waals surface area contributed by atoms with Crippen molar-refractivity contribution in [2.75, 3.05) is 13.1 Å². The van der Waals surface area contributed by atoms with Crippen LogP contribution in [0.3, 0.4) is 0 Å². The summed E-state index contributed by atoms with van der Waals surface area (Å²) in [6.07, 6.45) is 3.11. The lowest BCUT2D eigenvalue weighted by molar-refractivity contribution is 0.0685. The van der Waals surface area contributed by atoms with E-state index in [2.05, 4.69) is 24.3 Å². The second-order valence-electron chi connectivity index (χ2n) is 7.84. The van der Waals surface area contributed by atoms with Crippen LogP contribution in [-0.4, -0.2) is 23.9 Å². The van der Waals surface area contributed by atoms with Crippen LogP contribution in [0.15, 0.2) is 78.9 Å². The molecular weight excluding hydrogens is 394 g/mol. The van der Waals surface area contributed by atoms with Crippen LogP contribution in [0.5, 0.6) is 5.75 Å². The molecule has 0 N–H and O–H groups in total. The maximum absolute atomic E-state index is 13.2. The van der Waals surface area contributed by atoms with Gasteiger partial charge in [-0.1, -0.05) is 72.3 Å². The number of piperidine rings is 1. The van der Waals surface area contributed by atoms with Crippen molar-refractivity contribution in [1.82, 2.24) is 4.90 Å². The van der Waals surface area contributed by atoms with Crippen LogP contribution in [0.2, 0.25) is 5.02 Å². The van der Waals surface area contributed by atoms with Crippen molar-refractivity contribution in [3.63, 3.8) is 0 Å². The van der Waals surface area contributed by atoms with Crippen molar-refractivity contribution in [3.8, 4) is 5.75 Å². The molecule has 3 nitrogen and oxygen atoms in total. The Hall–Kier alpha value is -2.78. The number of hydrogen-bond donors (Lipinski definition) is 0. The molecule has 3 aromatic rings. The number of carbonyl (C=O) groups is 1. The van der Waals surface area contributed by atoms with Crippen LogP contribution in [0.25, 0.3) is 0 Å². The molecule has 30 heavy (non-hydrogen) atoms. The van der Waals surface area contributed by atoms with Crippen molar-refractivity contribution >= 4 is 17.5 Å². The molecule has 0 radical (unpaired) electrons. The number of rotatable bonds is 6. The molecule has 1 amide bonds. The van der Waals surface area contributed by atoms with Crippen molar-refractivity contribution < 1.29 is 9.53 Å². The largest absolute Gasteiger partial charge is 0.488 e. The van der Waals surface area contributed by atoms with Gasteiger partial charge in [0.1, 0.15) is 12.4 Å². The minimum Gasteiger partial charge on any atom is -0.488 e. The molecule has 0 aromatic heterocycles. The highest BCUT2D eigenvalue weighted by atomic mass is 35.5. The van der Waals surface area contributed by atoms with Crippen molar-refractivity contribution in [1.29, 1.82) is 0 Å². The molecule has 0 aliphatic carbocycles. The van der Waals surface area contributed by atoms with Crippen molar-refractivity contribution in [3.05, 3.63) is 101 Å². The normalized spacial score (nSPS) is 14.5. The fraction of sp³-hybridized carbons (Fsp3) is 0.269. The zero-order valence-corrected chi connectivity index (χ0v) is 17.7. The summed E-state index contributed by atoms with van der Waals surface area (Å²) in [5.41, 5.74) is 2.97. The van der Waals surface area contributed by atoms with E-state index < -0.39 is 0 Å². The van der Waals surface area contributed by atoms with Crippen LogP contribution in [0.4, 0.5) is 0 Å².